The van der Waals surface area contributed by atoms with Gasteiger partial charge in [-0.3, -0.25) is 14.4 Å². The summed E-state index contributed by atoms with van der Waals surface area (Å²) in [4.78, 5) is 50.2. The smallest absolute Gasteiger partial charge is 0.405 e. The monoisotopic (exact) mass is 544 g/mol. The van der Waals surface area contributed by atoms with Crippen LogP contribution in [0.5, 0.6) is 0 Å². The number of ketones is 2. The molecule has 39 heavy (non-hydrogen) atoms. The van der Waals surface area contributed by atoms with Crippen LogP contribution in [-0.4, -0.2) is 67.3 Å². The van der Waals surface area contributed by atoms with E-state index in [1.807, 2.05) is 20.8 Å². The van der Waals surface area contributed by atoms with Crippen LogP contribution in [0.1, 0.15) is 41.0 Å². The van der Waals surface area contributed by atoms with Gasteiger partial charge in [-0.2, -0.15) is 0 Å². The van der Waals surface area contributed by atoms with E-state index in [0.717, 1.165) is 6.08 Å². The molecule has 1 heterocycles. The van der Waals surface area contributed by atoms with E-state index >= 15 is 0 Å². The fourth-order valence-corrected chi connectivity index (χ4v) is 4.92. The molecule has 10 nitrogen and oxygen atoms in total. The summed E-state index contributed by atoms with van der Waals surface area (Å²) in [5.74, 6) is -2.63. The van der Waals surface area contributed by atoms with Crippen LogP contribution in [0.3, 0.4) is 0 Å². The minimum Gasteiger partial charge on any atom is -0.441 e. The minimum absolute atomic E-state index is 0.112. The van der Waals surface area contributed by atoms with E-state index in [-0.39, 0.29) is 28.7 Å². The first-order valence-electron chi connectivity index (χ1n) is 12.9. The molecular weight excluding hydrogens is 504 g/mol. The van der Waals surface area contributed by atoms with Gasteiger partial charge in [-0.05, 0) is 37.8 Å². The third-order valence-corrected chi connectivity index (χ3v) is 7.06. The van der Waals surface area contributed by atoms with Crippen molar-refractivity contribution >= 4 is 23.6 Å². The number of aliphatic hydroxyl groups is 1. The van der Waals surface area contributed by atoms with Gasteiger partial charge in [-0.25, -0.2) is 4.79 Å². The van der Waals surface area contributed by atoms with Gasteiger partial charge in [-0.1, -0.05) is 45.1 Å². The largest absolute Gasteiger partial charge is 0.441 e. The molecule has 0 aromatic rings. The Morgan fingerprint density at radius 1 is 1.03 bits per heavy atom. The van der Waals surface area contributed by atoms with Gasteiger partial charge in [0.1, 0.15) is 6.10 Å². The lowest BCUT2D eigenvalue weighted by Crippen LogP contribution is -2.40. The summed E-state index contributed by atoms with van der Waals surface area (Å²) < 4.78 is 16.6. The first-order valence-corrected chi connectivity index (χ1v) is 12.9. The highest BCUT2D eigenvalue weighted by Crippen LogP contribution is 2.29. The number of aliphatic hydroxyl groups excluding tert-OH is 1. The predicted octanol–water partition coefficient (Wildman–Crippen LogP) is 2.68. The molecule has 214 valence electrons. The third-order valence-electron chi connectivity index (χ3n) is 7.06. The zero-order valence-electron chi connectivity index (χ0n) is 23.6. The summed E-state index contributed by atoms with van der Waals surface area (Å²) in [6, 6.07) is 0. The number of amides is 2. The number of nitrogens with two attached hydrogens (primary N) is 1. The van der Waals surface area contributed by atoms with E-state index < -0.39 is 53.9 Å². The van der Waals surface area contributed by atoms with Gasteiger partial charge in [0.25, 0.3) is 5.91 Å². The Bertz CT molecular complexity index is 1120. The van der Waals surface area contributed by atoms with Crippen molar-refractivity contribution in [2.75, 3.05) is 14.2 Å². The van der Waals surface area contributed by atoms with Crippen molar-refractivity contribution in [3.05, 3.63) is 58.9 Å². The number of hydrogen-bond acceptors (Lipinski definition) is 8. The Labute approximate surface area is 229 Å². The number of Topliss-reactive ketones (excluding diaryl/α,β-unsaturated/α-hetero) is 1. The maximum absolute atomic E-state index is 13.3. The Morgan fingerprint density at radius 3 is 2.28 bits per heavy atom. The van der Waals surface area contributed by atoms with E-state index in [1.165, 1.54) is 20.3 Å². The Balaban J connectivity index is 2.58. The Morgan fingerprint density at radius 2 is 1.69 bits per heavy atom. The quantitative estimate of drug-likeness (QED) is 0.362. The van der Waals surface area contributed by atoms with Crippen LogP contribution in [0.15, 0.2) is 58.9 Å². The number of carbonyl (C=O) groups excluding carboxylic acids is 4. The average molecular weight is 545 g/mol. The maximum Gasteiger partial charge on any atom is 0.405 e. The molecule has 0 fully saturated rings. The molecule has 0 aromatic carbocycles. The van der Waals surface area contributed by atoms with Gasteiger partial charge in [0.05, 0.1) is 24.0 Å². The minimum atomic E-state index is -0.954. The summed E-state index contributed by atoms with van der Waals surface area (Å²) in [7, 11) is 2.91. The molecule has 2 aliphatic rings. The van der Waals surface area contributed by atoms with E-state index in [2.05, 4.69) is 5.32 Å². The van der Waals surface area contributed by atoms with Crippen molar-refractivity contribution in [1.82, 2.24) is 5.32 Å². The number of primary amides is 1. The second-order valence-corrected chi connectivity index (χ2v) is 10.2. The highest BCUT2D eigenvalue weighted by molar-refractivity contribution is 6.22. The van der Waals surface area contributed by atoms with Gasteiger partial charge in [0.15, 0.2) is 5.78 Å². The predicted molar refractivity (Wildman–Crippen MR) is 145 cm³/mol. The van der Waals surface area contributed by atoms with Crippen molar-refractivity contribution in [2.24, 2.45) is 23.5 Å². The zero-order chi connectivity index (χ0) is 29.4. The van der Waals surface area contributed by atoms with Gasteiger partial charge < -0.3 is 30.4 Å². The van der Waals surface area contributed by atoms with Crippen molar-refractivity contribution in [2.45, 2.75) is 65.5 Å². The van der Waals surface area contributed by atoms with E-state index in [0.29, 0.717) is 12.0 Å². The first-order chi connectivity index (χ1) is 18.3. The molecular formula is C29H40N2O8. The van der Waals surface area contributed by atoms with Crippen LogP contribution in [-0.2, 0) is 28.6 Å². The van der Waals surface area contributed by atoms with Gasteiger partial charge in [-0.15, -0.1) is 0 Å². The van der Waals surface area contributed by atoms with Crippen LogP contribution < -0.4 is 11.1 Å². The summed E-state index contributed by atoms with van der Waals surface area (Å²) in [6.45, 7) is 8.81. The zero-order valence-corrected chi connectivity index (χ0v) is 23.6. The highest BCUT2D eigenvalue weighted by Gasteiger charge is 2.35. The second kappa shape index (κ2) is 14.2. The molecule has 10 heteroatoms. The van der Waals surface area contributed by atoms with E-state index in [4.69, 9.17) is 19.9 Å². The van der Waals surface area contributed by atoms with Gasteiger partial charge >= 0.3 is 6.09 Å². The molecule has 7 unspecified atom stereocenters. The van der Waals surface area contributed by atoms with Crippen LogP contribution in [0, 0.1) is 17.8 Å². The SMILES string of the molecule is COC1CC(C)C(OC)C2=CC(=O)C=C(NC(=O)C(C)=CC=CC(C)C(OC(N)=O)C(C)=CC(C)C1O)C2=O. The first kappa shape index (κ1) is 31.9. The molecule has 4 N–H and O–H groups in total. The fraction of sp³-hybridized carbons (Fsp3) is 0.517. The molecule has 2 bridgehead atoms. The number of nitrogens with one attached hydrogen (secondary N) is 1. The Hall–Kier alpha value is -3.34. The standard InChI is InChI=1S/C29H40N2O8/c1-15-9-8-10-16(2)28(35)31-22-14-20(32)13-21(25(22)34)27(38-7)19(5)12-23(37-6)24(33)17(3)11-18(4)26(15)39-29(30)36/h8-11,13-15,17,19,23-24,26-27,33H,12H2,1-7H3,(H2,30,36)(H,31,35). The number of carbonyl (C=O) groups is 4. The lowest BCUT2D eigenvalue weighted by atomic mass is 9.84. The van der Waals surface area contributed by atoms with E-state index in [1.54, 1.807) is 38.2 Å². The Kier molecular flexibility index (Phi) is 11.6. The summed E-state index contributed by atoms with van der Waals surface area (Å²) in [5, 5.41) is 13.7. The van der Waals surface area contributed by atoms with Crippen molar-refractivity contribution in [3.63, 3.8) is 0 Å². The molecule has 0 spiro atoms. The molecule has 1 aliphatic carbocycles. The van der Waals surface area contributed by atoms with E-state index in [9.17, 15) is 24.3 Å². The summed E-state index contributed by atoms with van der Waals surface area (Å²) >= 11 is 0. The molecule has 0 radical (unpaired) electrons. The number of hydrogen-bond donors (Lipinski definition) is 3. The number of methoxy groups -OCH3 is 2. The molecule has 1 aliphatic heterocycles. The second-order valence-electron chi connectivity index (χ2n) is 10.2. The fourth-order valence-electron chi connectivity index (χ4n) is 4.92. The summed E-state index contributed by atoms with van der Waals surface area (Å²) in [6.07, 6.45) is 5.26. The van der Waals surface area contributed by atoms with Gasteiger partial charge in [0, 0.05) is 43.3 Å². The normalized spacial score (nSPS) is 31.5. The van der Waals surface area contributed by atoms with Crippen LogP contribution in [0.4, 0.5) is 4.79 Å². The molecule has 0 saturated heterocycles. The molecule has 0 aromatic heterocycles. The van der Waals surface area contributed by atoms with Crippen molar-refractivity contribution in [3.8, 4) is 0 Å². The molecule has 2 rings (SSSR count). The van der Waals surface area contributed by atoms with Gasteiger partial charge in [0.2, 0.25) is 5.78 Å². The maximum atomic E-state index is 13.3. The average Bonchev–Trinajstić information content (AvgIpc) is 2.87. The number of rotatable bonds is 3. The molecule has 0 saturated carbocycles. The number of allylic oxidation sites excluding steroid dienone is 5. The molecule has 7 atom stereocenters. The van der Waals surface area contributed by atoms with Crippen LogP contribution >= 0.6 is 0 Å². The number of ether oxygens (including phenoxy) is 3. The molecule has 2 amide bonds. The lowest BCUT2D eigenvalue weighted by molar-refractivity contribution is -0.120. The number of fused-ring (bicyclic) bond motifs is 2. The van der Waals surface area contributed by atoms with Crippen LogP contribution in [0.2, 0.25) is 0 Å². The topological polar surface area (TPSA) is 154 Å². The van der Waals surface area contributed by atoms with Crippen molar-refractivity contribution in [1.29, 1.82) is 0 Å². The third kappa shape index (κ3) is 8.32. The van der Waals surface area contributed by atoms with Crippen LogP contribution in [0.25, 0.3) is 0 Å². The lowest BCUT2D eigenvalue weighted by Gasteiger charge is -2.32. The highest BCUT2D eigenvalue weighted by atomic mass is 16.6. The van der Waals surface area contributed by atoms with Crippen molar-refractivity contribution < 1.29 is 38.5 Å². The summed E-state index contributed by atoms with van der Waals surface area (Å²) in [5.41, 5.74) is 6.25.